The van der Waals surface area contributed by atoms with E-state index in [2.05, 4.69) is 0 Å². The number of ether oxygens (including phenoxy) is 2. The Balaban J connectivity index is 2.90. The first-order chi connectivity index (χ1) is 8.22. The highest BCUT2D eigenvalue weighted by atomic mass is 16.5. The average Bonchev–Trinajstić information content (AvgIpc) is 2.39. The van der Waals surface area contributed by atoms with Crippen LogP contribution in [0.3, 0.4) is 0 Å². The van der Waals surface area contributed by atoms with Crippen LogP contribution in [0.25, 0.3) is 0 Å². The predicted molar refractivity (Wildman–Crippen MR) is 67.3 cm³/mol. The first-order valence-electron chi connectivity index (χ1n) is 6.01. The molecule has 0 saturated carbocycles. The second kappa shape index (κ2) is 7.07. The molecule has 0 spiro atoms. The molecule has 0 N–H and O–H groups in total. The predicted octanol–water partition coefficient (Wildman–Crippen LogP) is 3.14. The van der Waals surface area contributed by atoms with Gasteiger partial charge in [-0.1, -0.05) is 26.0 Å². The molecule has 0 aliphatic carbocycles. The highest BCUT2D eigenvalue weighted by Gasteiger charge is 2.19. The summed E-state index contributed by atoms with van der Waals surface area (Å²) in [5, 5.41) is 0. The fourth-order valence-corrected chi connectivity index (χ4v) is 1.60. The molecule has 0 fully saturated rings. The summed E-state index contributed by atoms with van der Waals surface area (Å²) >= 11 is 0. The van der Waals surface area contributed by atoms with Gasteiger partial charge in [-0.3, -0.25) is 4.79 Å². The lowest BCUT2D eigenvalue weighted by Gasteiger charge is -2.16. The van der Waals surface area contributed by atoms with E-state index in [4.69, 9.17) is 9.47 Å². The number of hydrogen-bond acceptors (Lipinski definition) is 3. The molecule has 3 heteroatoms. The maximum absolute atomic E-state index is 11.9. The Hall–Kier alpha value is -1.35. The summed E-state index contributed by atoms with van der Waals surface area (Å²) in [5.41, 5.74) is 0.865. The Bertz CT molecular complexity index is 360. The first kappa shape index (κ1) is 13.7. The van der Waals surface area contributed by atoms with Crippen molar-refractivity contribution >= 4 is 5.78 Å². The van der Waals surface area contributed by atoms with Crippen LogP contribution in [0.4, 0.5) is 0 Å². The third-order valence-corrected chi connectivity index (χ3v) is 2.53. The standard InChI is InChI=1S/C14H20O3/c1-4-9-17-14(13(15)5-2)11-7-6-8-12(10-11)16-3/h6-8,10,14H,4-5,9H2,1-3H3. The van der Waals surface area contributed by atoms with Gasteiger partial charge in [-0.2, -0.15) is 0 Å². The summed E-state index contributed by atoms with van der Waals surface area (Å²) in [4.78, 5) is 11.9. The number of carbonyl (C=O) groups excluding carboxylic acids is 1. The van der Waals surface area contributed by atoms with Gasteiger partial charge in [0.2, 0.25) is 0 Å². The molecule has 1 rings (SSSR count). The molecule has 0 aliphatic rings. The van der Waals surface area contributed by atoms with E-state index in [1.165, 1.54) is 0 Å². The van der Waals surface area contributed by atoms with Gasteiger partial charge in [-0.25, -0.2) is 0 Å². The lowest BCUT2D eigenvalue weighted by atomic mass is 10.0. The smallest absolute Gasteiger partial charge is 0.165 e. The van der Waals surface area contributed by atoms with E-state index in [0.717, 1.165) is 17.7 Å². The molecule has 0 radical (unpaired) electrons. The van der Waals surface area contributed by atoms with E-state index in [0.29, 0.717) is 13.0 Å². The van der Waals surface area contributed by atoms with Crippen molar-refractivity contribution in [2.45, 2.75) is 32.8 Å². The van der Waals surface area contributed by atoms with Crippen molar-refractivity contribution in [3.05, 3.63) is 29.8 Å². The van der Waals surface area contributed by atoms with Gasteiger partial charge in [0, 0.05) is 13.0 Å². The van der Waals surface area contributed by atoms with Crippen LogP contribution in [0.1, 0.15) is 38.4 Å². The molecule has 0 aromatic heterocycles. The number of carbonyl (C=O) groups is 1. The van der Waals surface area contributed by atoms with Crippen molar-refractivity contribution < 1.29 is 14.3 Å². The maximum Gasteiger partial charge on any atom is 0.165 e. The van der Waals surface area contributed by atoms with Crippen molar-refractivity contribution in [3.63, 3.8) is 0 Å². The quantitative estimate of drug-likeness (QED) is 0.729. The molecule has 0 amide bonds. The summed E-state index contributed by atoms with van der Waals surface area (Å²) in [6.07, 6.45) is 0.915. The van der Waals surface area contributed by atoms with Crippen molar-refractivity contribution in [2.24, 2.45) is 0 Å². The molecule has 3 nitrogen and oxygen atoms in total. The summed E-state index contributed by atoms with van der Waals surface area (Å²) in [7, 11) is 1.61. The van der Waals surface area contributed by atoms with Gasteiger partial charge in [0.25, 0.3) is 0 Å². The topological polar surface area (TPSA) is 35.5 Å². The third-order valence-electron chi connectivity index (χ3n) is 2.53. The Morgan fingerprint density at radius 2 is 2.12 bits per heavy atom. The van der Waals surface area contributed by atoms with Crippen LogP contribution in [0.5, 0.6) is 5.75 Å². The highest BCUT2D eigenvalue weighted by Crippen LogP contribution is 2.24. The molecular weight excluding hydrogens is 216 g/mol. The largest absolute Gasteiger partial charge is 0.497 e. The normalized spacial score (nSPS) is 12.2. The van der Waals surface area contributed by atoms with E-state index in [-0.39, 0.29) is 5.78 Å². The van der Waals surface area contributed by atoms with Crippen molar-refractivity contribution in [3.8, 4) is 5.75 Å². The fourth-order valence-electron chi connectivity index (χ4n) is 1.60. The molecule has 1 unspecified atom stereocenters. The minimum Gasteiger partial charge on any atom is -0.497 e. The van der Waals surface area contributed by atoms with E-state index < -0.39 is 6.10 Å². The van der Waals surface area contributed by atoms with Crippen LogP contribution in [0, 0.1) is 0 Å². The molecule has 0 aliphatic heterocycles. The third kappa shape index (κ3) is 3.86. The monoisotopic (exact) mass is 236 g/mol. The minimum atomic E-state index is -0.463. The van der Waals surface area contributed by atoms with Crippen molar-refractivity contribution in [1.29, 1.82) is 0 Å². The zero-order chi connectivity index (χ0) is 12.7. The zero-order valence-corrected chi connectivity index (χ0v) is 10.7. The molecular formula is C14H20O3. The molecule has 0 bridgehead atoms. The minimum absolute atomic E-state index is 0.103. The molecule has 17 heavy (non-hydrogen) atoms. The molecule has 1 atom stereocenters. The number of Topliss-reactive ketones (excluding diaryl/α,β-unsaturated/α-hetero) is 1. The number of ketones is 1. The highest BCUT2D eigenvalue weighted by molar-refractivity contribution is 5.84. The van der Waals surface area contributed by atoms with E-state index in [1.54, 1.807) is 7.11 Å². The molecule has 0 saturated heterocycles. The lowest BCUT2D eigenvalue weighted by molar-refractivity contribution is -0.130. The van der Waals surface area contributed by atoms with Gasteiger partial charge in [-0.15, -0.1) is 0 Å². The first-order valence-corrected chi connectivity index (χ1v) is 6.01. The number of methoxy groups -OCH3 is 1. The van der Waals surface area contributed by atoms with Gasteiger partial charge >= 0.3 is 0 Å². The van der Waals surface area contributed by atoms with E-state index >= 15 is 0 Å². The van der Waals surface area contributed by atoms with Crippen LogP contribution >= 0.6 is 0 Å². The second-order valence-corrected chi connectivity index (χ2v) is 3.85. The molecule has 0 heterocycles. The number of benzene rings is 1. The molecule has 1 aromatic carbocycles. The summed E-state index contributed by atoms with van der Waals surface area (Å²) in [5.74, 6) is 0.850. The lowest BCUT2D eigenvalue weighted by Crippen LogP contribution is -2.15. The Morgan fingerprint density at radius 3 is 2.71 bits per heavy atom. The van der Waals surface area contributed by atoms with Crippen LogP contribution in [-0.4, -0.2) is 19.5 Å². The second-order valence-electron chi connectivity index (χ2n) is 3.85. The average molecular weight is 236 g/mol. The van der Waals surface area contributed by atoms with E-state index in [1.807, 2.05) is 38.1 Å². The van der Waals surface area contributed by atoms with E-state index in [9.17, 15) is 4.79 Å². The number of hydrogen-bond donors (Lipinski definition) is 0. The molecule has 1 aromatic rings. The summed E-state index contributed by atoms with van der Waals surface area (Å²) in [6, 6.07) is 7.49. The Kier molecular flexibility index (Phi) is 5.70. The van der Waals surface area contributed by atoms with Gasteiger partial charge in [0.15, 0.2) is 5.78 Å². The van der Waals surface area contributed by atoms with Gasteiger partial charge in [0.1, 0.15) is 11.9 Å². The van der Waals surface area contributed by atoms with Gasteiger partial charge in [-0.05, 0) is 24.1 Å². The molecule has 94 valence electrons. The van der Waals surface area contributed by atoms with Crippen molar-refractivity contribution in [2.75, 3.05) is 13.7 Å². The van der Waals surface area contributed by atoms with Gasteiger partial charge in [0.05, 0.1) is 7.11 Å². The number of rotatable bonds is 7. The van der Waals surface area contributed by atoms with Crippen LogP contribution in [-0.2, 0) is 9.53 Å². The summed E-state index contributed by atoms with van der Waals surface area (Å²) in [6.45, 7) is 4.47. The van der Waals surface area contributed by atoms with Crippen LogP contribution in [0.15, 0.2) is 24.3 Å². The maximum atomic E-state index is 11.9. The van der Waals surface area contributed by atoms with Crippen LogP contribution < -0.4 is 4.74 Å². The Morgan fingerprint density at radius 1 is 1.35 bits per heavy atom. The zero-order valence-electron chi connectivity index (χ0n) is 10.7. The fraction of sp³-hybridized carbons (Fsp3) is 0.500. The van der Waals surface area contributed by atoms with Crippen molar-refractivity contribution in [1.82, 2.24) is 0 Å². The van der Waals surface area contributed by atoms with Gasteiger partial charge < -0.3 is 9.47 Å². The SMILES string of the molecule is CCCOC(C(=O)CC)c1cccc(OC)c1. The Labute approximate surface area is 103 Å². The van der Waals surface area contributed by atoms with Crippen LogP contribution in [0.2, 0.25) is 0 Å². The summed E-state index contributed by atoms with van der Waals surface area (Å²) < 4.78 is 10.8.